The summed E-state index contributed by atoms with van der Waals surface area (Å²) in [4.78, 5) is 0. The second-order valence-electron chi connectivity index (χ2n) is 5.32. The van der Waals surface area contributed by atoms with Gasteiger partial charge in [0.1, 0.15) is 0 Å². The highest BCUT2D eigenvalue weighted by Crippen LogP contribution is 2.44. The molecule has 17 heavy (non-hydrogen) atoms. The van der Waals surface area contributed by atoms with Gasteiger partial charge < -0.3 is 15.8 Å². The fourth-order valence-corrected chi connectivity index (χ4v) is 2.44. The highest BCUT2D eigenvalue weighted by Gasteiger charge is 2.48. The third kappa shape index (κ3) is 2.39. The summed E-state index contributed by atoms with van der Waals surface area (Å²) in [5.74, 6) is 0. The van der Waals surface area contributed by atoms with Gasteiger partial charge in [0.05, 0.1) is 6.10 Å². The molecule has 3 N–H and O–H groups in total. The summed E-state index contributed by atoms with van der Waals surface area (Å²) in [6.07, 6.45) is 1.43. The molecule has 1 aliphatic carbocycles. The van der Waals surface area contributed by atoms with Crippen LogP contribution in [0.25, 0.3) is 0 Å². The Labute approximate surface area is 103 Å². The van der Waals surface area contributed by atoms with Crippen molar-refractivity contribution in [3.63, 3.8) is 0 Å². The number of rotatable bonds is 4. The molecule has 94 valence electrons. The van der Waals surface area contributed by atoms with Gasteiger partial charge in [0.2, 0.25) is 0 Å². The zero-order valence-corrected chi connectivity index (χ0v) is 10.9. The third-order valence-corrected chi connectivity index (χ3v) is 3.77. The first kappa shape index (κ1) is 12.2. The van der Waals surface area contributed by atoms with Crippen LogP contribution in [0.3, 0.4) is 0 Å². The first-order valence-electron chi connectivity index (χ1n) is 6.27. The minimum atomic E-state index is 0.181. The lowest BCUT2D eigenvalue weighted by Crippen LogP contribution is -2.58. The van der Waals surface area contributed by atoms with Gasteiger partial charge in [-0.2, -0.15) is 0 Å². The van der Waals surface area contributed by atoms with Crippen LogP contribution < -0.4 is 11.1 Å². The summed E-state index contributed by atoms with van der Waals surface area (Å²) in [6.45, 7) is 7.34. The molecule has 1 aromatic rings. The van der Waals surface area contributed by atoms with E-state index in [1.165, 1.54) is 0 Å². The van der Waals surface area contributed by atoms with Crippen molar-refractivity contribution in [3.05, 3.63) is 24.3 Å². The lowest BCUT2D eigenvalue weighted by Gasteiger charge is -2.52. The van der Waals surface area contributed by atoms with Crippen LogP contribution in [0.4, 0.5) is 11.4 Å². The van der Waals surface area contributed by atoms with E-state index in [4.69, 9.17) is 10.5 Å². The predicted octanol–water partition coefficient (Wildman–Crippen LogP) is 2.88. The number of hydrogen-bond donors (Lipinski definition) is 2. The second kappa shape index (κ2) is 4.57. The molecule has 1 aromatic carbocycles. The van der Waals surface area contributed by atoms with E-state index in [1.807, 2.05) is 18.2 Å². The van der Waals surface area contributed by atoms with Gasteiger partial charge in [0.25, 0.3) is 0 Å². The molecule has 3 nitrogen and oxygen atoms in total. The van der Waals surface area contributed by atoms with Crippen LogP contribution in [0.1, 0.15) is 27.2 Å². The Hall–Kier alpha value is -1.22. The molecule has 0 aliphatic heterocycles. The van der Waals surface area contributed by atoms with E-state index < -0.39 is 0 Å². The Bertz CT molecular complexity index is 390. The zero-order chi connectivity index (χ0) is 12.5. The van der Waals surface area contributed by atoms with Gasteiger partial charge in [-0.15, -0.1) is 0 Å². The maximum atomic E-state index is 5.77. The Morgan fingerprint density at radius 3 is 2.82 bits per heavy atom. The van der Waals surface area contributed by atoms with E-state index >= 15 is 0 Å². The minimum absolute atomic E-state index is 0.181. The Balaban J connectivity index is 1.98. The maximum Gasteiger partial charge on any atom is 0.0665 e. The van der Waals surface area contributed by atoms with E-state index in [0.717, 1.165) is 24.4 Å². The van der Waals surface area contributed by atoms with Crippen molar-refractivity contribution in [3.8, 4) is 0 Å². The quantitative estimate of drug-likeness (QED) is 0.787. The smallest absolute Gasteiger partial charge is 0.0665 e. The maximum absolute atomic E-state index is 5.77. The number of nitrogens with two attached hydrogens (primary N) is 1. The monoisotopic (exact) mass is 234 g/mol. The van der Waals surface area contributed by atoms with E-state index in [0.29, 0.717) is 12.1 Å². The first-order valence-corrected chi connectivity index (χ1v) is 6.27. The van der Waals surface area contributed by atoms with Crippen LogP contribution in [0.5, 0.6) is 0 Å². The standard InChI is InChI=1S/C14H22N2O/c1-4-17-13-9-12(14(13,2)3)16-11-7-5-6-10(15)8-11/h5-8,12-13,16H,4,9,15H2,1-3H3. The molecule has 0 radical (unpaired) electrons. The van der Waals surface area contributed by atoms with Crippen molar-refractivity contribution < 1.29 is 4.74 Å². The third-order valence-electron chi connectivity index (χ3n) is 3.77. The molecular weight excluding hydrogens is 212 g/mol. The highest BCUT2D eigenvalue weighted by atomic mass is 16.5. The van der Waals surface area contributed by atoms with Crippen molar-refractivity contribution in [2.24, 2.45) is 5.41 Å². The molecule has 2 atom stereocenters. The van der Waals surface area contributed by atoms with Gasteiger partial charge in [-0.1, -0.05) is 19.9 Å². The first-order chi connectivity index (χ1) is 8.04. The fraction of sp³-hybridized carbons (Fsp3) is 0.571. The molecule has 1 saturated carbocycles. The number of anilines is 2. The van der Waals surface area contributed by atoms with Crippen molar-refractivity contribution in [1.82, 2.24) is 0 Å². The summed E-state index contributed by atoms with van der Waals surface area (Å²) in [5, 5.41) is 3.54. The van der Waals surface area contributed by atoms with E-state index in [-0.39, 0.29) is 5.41 Å². The zero-order valence-electron chi connectivity index (χ0n) is 10.9. The second-order valence-corrected chi connectivity index (χ2v) is 5.32. The average Bonchev–Trinajstić information content (AvgIpc) is 2.28. The molecule has 0 heterocycles. The largest absolute Gasteiger partial charge is 0.399 e. The number of ether oxygens (including phenoxy) is 1. The van der Waals surface area contributed by atoms with Gasteiger partial charge in [0.15, 0.2) is 0 Å². The number of benzene rings is 1. The summed E-state index contributed by atoms with van der Waals surface area (Å²) < 4.78 is 5.72. The normalized spacial score (nSPS) is 26.3. The molecule has 0 spiro atoms. The fourth-order valence-electron chi connectivity index (χ4n) is 2.44. The van der Waals surface area contributed by atoms with Gasteiger partial charge in [-0.05, 0) is 31.5 Å². The van der Waals surface area contributed by atoms with Crippen molar-refractivity contribution >= 4 is 11.4 Å². The van der Waals surface area contributed by atoms with Gasteiger partial charge >= 0.3 is 0 Å². The van der Waals surface area contributed by atoms with Crippen LogP contribution in [-0.4, -0.2) is 18.8 Å². The molecule has 1 aliphatic rings. The van der Waals surface area contributed by atoms with Crippen molar-refractivity contribution in [2.45, 2.75) is 39.3 Å². The summed E-state index contributed by atoms with van der Waals surface area (Å²) in [5.41, 5.74) is 7.85. The van der Waals surface area contributed by atoms with Gasteiger partial charge in [0, 0.05) is 29.4 Å². The molecular formula is C14H22N2O. The molecule has 0 bridgehead atoms. The van der Waals surface area contributed by atoms with Crippen LogP contribution in [0, 0.1) is 5.41 Å². The minimum Gasteiger partial charge on any atom is -0.399 e. The Morgan fingerprint density at radius 2 is 2.24 bits per heavy atom. The van der Waals surface area contributed by atoms with E-state index in [1.54, 1.807) is 0 Å². The molecule has 2 unspecified atom stereocenters. The number of nitrogens with one attached hydrogen (secondary N) is 1. The van der Waals surface area contributed by atoms with Crippen molar-refractivity contribution in [1.29, 1.82) is 0 Å². The van der Waals surface area contributed by atoms with E-state index in [2.05, 4.69) is 32.2 Å². The highest BCUT2D eigenvalue weighted by molar-refractivity contribution is 5.55. The van der Waals surface area contributed by atoms with Crippen LogP contribution in [0.2, 0.25) is 0 Å². The summed E-state index contributed by atoms with van der Waals surface area (Å²) >= 11 is 0. The van der Waals surface area contributed by atoms with Crippen LogP contribution in [0.15, 0.2) is 24.3 Å². The predicted molar refractivity (Wildman–Crippen MR) is 72.1 cm³/mol. The topological polar surface area (TPSA) is 47.3 Å². The molecule has 3 heteroatoms. The van der Waals surface area contributed by atoms with Gasteiger partial charge in [-0.25, -0.2) is 0 Å². The molecule has 0 saturated heterocycles. The SMILES string of the molecule is CCOC1CC(Nc2cccc(N)c2)C1(C)C. The number of hydrogen-bond acceptors (Lipinski definition) is 3. The van der Waals surface area contributed by atoms with Crippen LogP contribution in [-0.2, 0) is 4.74 Å². The lowest BCUT2D eigenvalue weighted by molar-refractivity contribution is -0.0975. The summed E-state index contributed by atoms with van der Waals surface area (Å²) in [7, 11) is 0. The molecule has 1 fully saturated rings. The molecule has 2 rings (SSSR count). The number of nitrogen functional groups attached to an aromatic ring is 1. The average molecular weight is 234 g/mol. The van der Waals surface area contributed by atoms with Crippen LogP contribution >= 0.6 is 0 Å². The Kier molecular flexibility index (Phi) is 3.29. The van der Waals surface area contributed by atoms with Crippen molar-refractivity contribution in [2.75, 3.05) is 17.7 Å². The van der Waals surface area contributed by atoms with Gasteiger partial charge in [-0.3, -0.25) is 0 Å². The molecule has 0 aromatic heterocycles. The Morgan fingerprint density at radius 1 is 1.47 bits per heavy atom. The summed E-state index contributed by atoms with van der Waals surface area (Å²) in [6, 6.07) is 8.37. The molecule has 0 amide bonds. The lowest BCUT2D eigenvalue weighted by atomic mass is 9.64. The van der Waals surface area contributed by atoms with E-state index in [9.17, 15) is 0 Å².